The first kappa shape index (κ1) is 14.8. The second kappa shape index (κ2) is 5.79. The molecular formula is C15H23N3O2. The maximum Gasteiger partial charge on any atom is 0.251 e. The summed E-state index contributed by atoms with van der Waals surface area (Å²) in [5, 5.41) is 3.04. The van der Waals surface area contributed by atoms with Crippen molar-refractivity contribution >= 4 is 11.7 Å². The van der Waals surface area contributed by atoms with E-state index in [9.17, 15) is 4.79 Å². The molecule has 0 aromatic carbocycles. The fourth-order valence-electron chi connectivity index (χ4n) is 2.18. The van der Waals surface area contributed by atoms with E-state index in [0.29, 0.717) is 24.6 Å². The second-order valence-corrected chi connectivity index (χ2v) is 6.28. The molecule has 20 heavy (non-hydrogen) atoms. The third kappa shape index (κ3) is 3.70. The molecule has 5 nitrogen and oxygen atoms in total. The van der Waals surface area contributed by atoms with Gasteiger partial charge in [0.2, 0.25) is 0 Å². The van der Waals surface area contributed by atoms with Gasteiger partial charge in [0.15, 0.2) is 0 Å². The van der Waals surface area contributed by atoms with E-state index < -0.39 is 0 Å². The Bertz CT molecular complexity index is 488. The van der Waals surface area contributed by atoms with Gasteiger partial charge in [0.05, 0.1) is 0 Å². The minimum Gasteiger partial charge on any atom is -0.384 e. The Balaban J connectivity index is 2.14. The molecule has 3 N–H and O–H groups in total. The van der Waals surface area contributed by atoms with Crippen molar-refractivity contribution in [2.45, 2.75) is 45.1 Å². The predicted molar refractivity (Wildman–Crippen MR) is 78.7 cm³/mol. The van der Waals surface area contributed by atoms with E-state index in [0.717, 1.165) is 18.5 Å². The van der Waals surface area contributed by atoms with Crippen LogP contribution in [0.5, 0.6) is 0 Å². The summed E-state index contributed by atoms with van der Waals surface area (Å²) in [4.78, 5) is 16.6. The molecule has 1 aliphatic heterocycles. The molecule has 1 aromatic rings. The Morgan fingerprint density at radius 1 is 1.35 bits per heavy atom. The van der Waals surface area contributed by atoms with Crippen LogP contribution in [0.25, 0.3) is 0 Å². The molecule has 2 heterocycles. The van der Waals surface area contributed by atoms with Crippen LogP contribution in [0, 0.1) is 0 Å². The Morgan fingerprint density at radius 2 is 2.00 bits per heavy atom. The molecule has 1 aromatic heterocycles. The van der Waals surface area contributed by atoms with Crippen LogP contribution in [-0.4, -0.2) is 30.1 Å². The largest absolute Gasteiger partial charge is 0.384 e. The number of ether oxygens (including phenoxy) is 1. The molecular weight excluding hydrogens is 254 g/mol. The Morgan fingerprint density at radius 3 is 2.60 bits per heavy atom. The van der Waals surface area contributed by atoms with Crippen LogP contribution in [0.15, 0.2) is 12.1 Å². The van der Waals surface area contributed by atoms with Crippen molar-refractivity contribution in [1.29, 1.82) is 0 Å². The predicted octanol–water partition coefficient (Wildman–Crippen LogP) is 1.87. The molecule has 1 amide bonds. The lowest BCUT2D eigenvalue weighted by Gasteiger charge is -2.24. The average molecular weight is 277 g/mol. The van der Waals surface area contributed by atoms with Crippen LogP contribution < -0.4 is 11.1 Å². The fourth-order valence-corrected chi connectivity index (χ4v) is 2.18. The molecule has 0 atom stereocenters. The van der Waals surface area contributed by atoms with Crippen LogP contribution in [-0.2, 0) is 10.2 Å². The molecule has 0 unspecified atom stereocenters. The van der Waals surface area contributed by atoms with Gasteiger partial charge in [-0.05, 0) is 25.0 Å². The van der Waals surface area contributed by atoms with Crippen molar-refractivity contribution in [2.75, 3.05) is 18.9 Å². The summed E-state index contributed by atoms with van der Waals surface area (Å²) in [6.07, 6.45) is 1.72. The summed E-state index contributed by atoms with van der Waals surface area (Å²) in [5.41, 5.74) is 7.09. The maximum atomic E-state index is 12.3. The van der Waals surface area contributed by atoms with E-state index in [1.165, 1.54) is 0 Å². The lowest BCUT2D eigenvalue weighted by Crippen LogP contribution is -2.39. The monoisotopic (exact) mass is 277 g/mol. The zero-order valence-electron chi connectivity index (χ0n) is 12.4. The lowest BCUT2D eigenvalue weighted by atomic mass is 9.90. The van der Waals surface area contributed by atoms with Gasteiger partial charge in [0.25, 0.3) is 5.91 Å². The van der Waals surface area contributed by atoms with E-state index in [1.54, 1.807) is 6.07 Å². The maximum absolute atomic E-state index is 12.3. The topological polar surface area (TPSA) is 77.2 Å². The third-order valence-corrected chi connectivity index (χ3v) is 3.43. The lowest BCUT2D eigenvalue weighted by molar-refractivity contribution is 0.0696. The van der Waals surface area contributed by atoms with E-state index in [2.05, 4.69) is 31.1 Å². The average Bonchev–Trinajstić information content (AvgIpc) is 2.38. The number of rotatable bonds is 2. The summed E-state index contributed by atoms with van der Waals surface area (Å²) < 4.78 is 5.29. The summed E-state index contributed by atoms with van der Waals surface area (Å²) in [6.45, 7) is 7.56. The number of anilines is 1. The first-order valence-electron chi connectivity index (χ1n) is 7.03. The zero-order chi connectivity index (χ0) is 14.8. The van der Waals surface area contributed by atoms with Gasteiger partial charge in [-0.15, -0.1) is 0 Å². The van der Waals surface area contributed by atoms with Gasteiger partial charge in [-0.2, -0.15) is 0 Å². The van der Waals surface area contributed by atoms with Gasteiger partial charge in [-0.3, -0.25) is 4.79 Å². The molecule has 110 valence electrons. The molecule has 0 aliphatic carbocycles. The van der Waals surface area contributed by atoms with Crippen molar-refractivity contribution in [3.05, 3.63) is 23.4 Å². The van der Waals surface area contributed by atoms with E-state index in [-0.39, 0.29) is 17.4 Å². The molecule has 0 bridgehead atoms. The smallest absolute Gasteiger partial charge is 0.251 e. The normalized spacial score (nSPS) is 16.9. The number of carbonyl (C=O) groups excluding carboxylic acids is 1. The summed E-state index contributed by atoms with van der Waals surface area (Å²) >= 11 is 0. The number of nitrogen functional groups attached to an aromatic ring is 1. The standard InChI is InChI=1S/C15H23N3O2/c1-15(2,3)12-8-10(9-13(16)18-12)14(19)17-11-4-6-20-7-5-11/h8-9,11H,4-7H2,1-3H3,(H2,16,18)(H,17,19). The van der Waals surface area contributed by atoms with Crippen molar-refractivity contribution in [2.24, 2.45) is 0 Å². The number of pyridine rings is 1. The minimum absolute atomic E-state index is 0.0866. The first-order valence-corrected chi connectivity index (χ1v) is 7.03. The second-order valence-electron chi connectivity index (χ2n) is 6.28. The number of aromatic nitrogens is 1. The Labute approximate surface area is 119 Å². The minimum atomic E-state index is -0.136. The number of nitrogens with two attached hydrogens (primary N) is 1. The highest BCUT2D eigenvalue weighted by atomic mass is 16.5. The molecule has 0 radical (unpaired) electrons. The highest BCUT2D eigenvalue weighted by Crippen LogP contribution is 2.22. The van der Waals surface area contributed by atoms with Crippen molar-refractivity contribution in [1.82, 2.24) is 10.3 Å². The van der Waals surface area contributed by atoms with Gasteiger partial charge in [-0.1, -0.05) is 20.8 Å². The molecule has 1 saturated heterocycles. The van der Waals surface area contributed by atoms with Gasteiger partial charge in [0.1, 0.15) is 5.82 Å². The molecule has 0 saturated carbocycles. The number of carbonyl (C=O) groups is 1. The number of amides is 1. The third-order valence-electron chi connectivity index (χ3n) is 3.43. The quantitative estimate of drug-likeness (QED) is 0.865. The SMILES string of the molecule is CC(C)(C)c1cc(C(=O)NC2CCOCC2)cc(N)n1. The number of hydrogen-bond donors (Lipinski definition) is 2. The highest BCUT2D eigenvalue weighted by Gasteiger charge is 2.21. The molecule has 2 rings (SSSR count). The Hall–Kier alpha value is -1.62. The van der Waals surface area contributed by atoms with Crippen molar-refractivity contribution in [3.8, 4) is 0 Å². The van der Waals surface area contributed by atoms with Gasteiger partial charge >= 0.3 is 0 Å². The van der Waals surface area contributed by atoms with E-state index in [1.807, 2.05) is 6.07 Å². The Kier molecular flexibility index (Phi) is 4.28. The molecule has 0 spiro atoms. The summed E-state index contributed by atoms with van der Waals surface area (Å²) in [6, 6.07) is 3.64. The van der Waals surface area contributed by atoms with Crippen LogP contribution in [0.1, 0.15) is 49.7 Å². The fraction of sp³-hybridized carbons (Fsp3) is 0.600. The highest BCUT2D eigenvalue weighted by molar-refractivity contribution is 5.95. The van der Waals surface area contributed by atoms with Gasteiger partial charge in [-0.25, -0.2) is 4.98 Å². The number of nitrogens with zero attached hydrogens (tertiary/aromatic N) is 1. The summed E-state index contributed by atoms with van der Waals surface area (Å²) in [5.74, 6) is 0.297. The number of nitrogens with one attached hydrogen (secondary N) is 1. The van der Waals surface area contributed by atoms with Crippen LogP contribution >= 0.6 is 0 Å². The van der Waals surface area contributed by atoms with Gasteiger partial charge < -0.3 is 15.8 Å². The van der Waals surface area contributed by atoms with Crippen molar-refractivity contribution < 1.29 is 9.53 Å². The molecule has 1 fully saturated rings. The van der Waals surface area contributed by atoms with Crippen LogP contribution in [0.3, 0.4) is 0 Å². The van der Waals surface area contributed by atoms with Crippen molar-refractivity contribution in [3.63, 3.8) is 0 Å². The first-order chi connectivity index (χ1) is 9.36. The van der Waals surface area contributed by atoms with E-state index >= 15 is 0 Å². The van der Waals surface area contributed by atoms with Crippen LogP contribution in [0.4, 0.5) is 5.82 Å². The molecule has 1 aliphatic rings. The van der Waals surface area contributed by atoms with Gasteiger partial charge in [0, 0.05) is 35.9 Å². The zero-order valence-corrected chi connectivity index (χ0v) is 12.4. The van der Waals surface area contributed by atoms with E-state index in [4.69, 9.17) is 10.5 Å². The number of hydrogen-bond acceptors (Lipinski definition) is 4. The summed E-state index contributed by atoms with van der Waals surface area (Å²) in [7, 11) is 0. The van der Waals surface area contributed by atoms with Crippen LogP contribution in [0.2, 0.25) is 0 Å². The molecule has 5 heteroatoms.